The number of hydrogen-bond acceptors (Lipinski definition) is 3. The molecule has 2 aromatic rings. The van der Waals surface area contributed by atoms with Gasteiger partial charge in [0.05, 0.1) is 13.0 Å². The van der Waals surface area contributed by atoms with Gasteiger partial charge in [-0.05, 0) is 69.9 Å². The van der Waals surface area contributed by atoms with E-state index in [1.807, 2.05) is 61.2 Å². The molecule has 27 heavy (non-hydrogen) atoms. The van der Waals surface area contributed by atoms with Crippen LogP contribution in [0.25, 0.3) is 0 Å². The zero-order chi connectivity index (χ0) is 19.8. The molecule has 0 saturated heterocycles. The zero-order valence-corrected chi connectivity index (χ0v) is 16.7. The zero-order valence-electron chi connectivity index (χ0n) is 16.7. The van der Waals surface area contributed by atoms with Crippen molar-refractivity contribution in [2.45, 2.75) is 52.0 Å². The number of anilines is 1. The minimum absolute atomic E-state index is 0.00900. The van der Waals surface area contributed by atoms with Crippen LogP contribution in [0.3, 0.4) is 0 Å². The molecular formula is C23H27NO3. The lowest BCUT2D eigenvalue weighted by atomic mass is 9.84. The maximum absolute atomic E-state index is 13.3. The van der Waals surface area contributed by atoms with Gasteiger partial charge in [0.2, 0.25) is 0 Å². The summed E-state index contributed by atoms with van der Waals surface area (Å²) in [4.78, 5) is 27.1. The number of hydrogen-bond donors (Lipinski definition) is 0. The highest BCUT2D eigenvalue weighted by Crippen LogP contribution is 2.39. The number of methoxy groups -OCH3 is 1. The Morgan fingerprint density at radius 2 is 1.78 bits per heavy atom. The largest absolute Gasteiger partial charge is 0.469 e. The van der Waals surface area contributed by atoms with Crippen LogP contribution in [0, 0.1) is 6.92 Å². The van der Waals surface area contributed by atoms with E-state index >= 15 is 0 Å². The van der Waals surface area contributed by atoms with Gasteiger partial charge in [-0.25, -0.2) is 0 Å². The molecule has 1 aliphatic rings. The van der Waals surface area contributed by atoms with Crippen molar-refractivity contribution in [3.05, 3.63) is 64.7 Å². The van der Waals surface area contributed by atoms with Crippen LogP contribution in [0.5, 0.6) is 0 Å². The lowest BCUT2D eigenvalue weighted by molar-refractivity contribution is -0.141. The lowest BCUT2D eigenvalue weighted by Gasteiger charge is -2.43. The van der Waals surface area contributed by atoms with Crippen LogP contribution in [0.15, 0.2) is 42.5 Å². The molecular weight excluding hydrogens is 338 g/mol. The van der Waals surface area contributed by atoms with Crippen molar-refractivity contribution >= 4 is 17.6 Å². The van der Waals surface area contributed by atoms with Crippen molar-refractivity contribution in [3.8, 4) is 0 Å². The van der Waals surface area contributed by atoms with Crippen molar-refractivity contribution in [1.82, 2.24) is 0 Å². The summed E-state index contributed by atoms with van der Waals surface area (Å²) in [7, 11) is 1.40. The van der Waals surface area contributed by atoms with Crippen molar-refractivity contribution < 1.29 is 14.3 Å². The number of nitrogens with zero attached hydrogens (tertiary/aromatic N) is 1. The Labute approximate surface area is 161 Å². The Balaban J connectivity index is 2.01. The van der Waals surface area contributed by atoms with Crippen LogP contribution in [0.4, 0.5) is 5.69 Å². The van der Waals surface area contributed by atoms with E-state index in [9.17, 15) is 9.59 Å². The summed E-state index contributed by atoms with van der Waals surface area (Å²) < 4.78 is 4.87. The number of fused-ring (bicyclic) bond motifs is 1. The van der Waals surface area contributed by atoms with Gasteiger partial charge in [-0.1, -0.05) is 29.8 Å². The first-order chi connectivity index (χ1) is 12.7. The van der Waals surface area contributed by atoms with Gasteiger partial charge in [-0.3, -0.25) is 9.59 Å². The second-order valence-corrected chi connectivity index (χ2v) is 7.95. The molecule has 0 spiro atoms. The molecule has 0 bridgehead atoms. The van der Waals surface area contributed by atoms with Crippen LogP contribution in [0.1, 0.15) is 60.2 Å². The SMILES string of the molecule is COC(=O)C(C)c1ccc2c(c1)CCC(C)(C)N2C(=O)c1ccc(C)cc1. The summed E-state index contributed by atoms with van der Waals surface area (Å²) >= 11 is 0. The fourth-order valence-electron chi connectivity index (χ4n) is 3.69. The van der Waals surface area contributed by atoms with Gasteiger partial charge >= 0.3 is 5.97 Å². The summed E-state index contributed by atoms with van der Waals surface area (Å²) in [6.45, 7) is 8.06. The molecule has 0 radical (unpaired) electrons. The maximum atomic E-state index is 13.3. The van der Waals surface area contributed by atoms with E-state index in [2.05, 4.69) is 13.8 Å². The number of aryl methyl sites for hydroxylation is 2. The minimum atomic E-state index is -0.323. The van der Waals surface area contributed by atoms with E-state index in [1.165, 1.54) is 7.11 Å². The molecule has 2 aromatic carbocycles. The van der Waals surface area contributed by atoms with E-state index in [-0.39, 0.29) is 23.3 Å². The van der Waals surface area contributed by atoms with Gasteiger partial charge in [0, 0.05) is 16.8 Å². The summed E-state index contributed by atoms with van der Waals surface area (Å²) in [5, 5.41) is 0. The van der Waals surface area contributed by atoms with E-state index < -0.39 is 0 Å². The first kappa shape index (κ1) is 19.2. The second kappa shape index (κ2) is 7.18. The van der Waals surface area contributed by atoms with Crippen molar-refractivity contribution in [2.24, 2.45) is 0 Å². The Kier molecular flexibility index (Phi) is 5.09. The molecule has 0 saturated carbocycles. The highest BCUT2D eigenvalue weighted by atomic mass is 16.5. The average molecular weight is 365 g/mol. The second-order valence-electron chi connectivity index (χ2n) is 7.95. The predicted molar refractivity (Wildman–Crippen MR) is 107 cm³/mol. The van der Waals surface area contributed by atoms with Crippen molar-refractivity contribution in [2.75, 3.05) is 12.0 Å². The fourth-order valence-corrected chi connectivity index (χ4v) is 3.69. The number of carbonyl (C=O) groups excluding carboxylic acids is 2. The quantitative estimate of drug-likeness (QED) is 0.744. The van der Waals surface area contributed by atoms with Crippen molar-refractivity contribution in [1.29, 1.82) is 0 Å². The Morgan fingerprint density at radius 1 is 1.11 bits per heavy atom. The molecule has 0 aromatic heterocycles. The van der Waals surface area contributed by atoms with Gasteiger partial charge in [-0.15, -0.1) is 0 Å². The summed E-state index contributed by atoms with van der Waals surface area (Å²) in [5.41, 5.74) is 4.49. The van der Waals surface area contributed by atoms with Gasteiger partial charge in [0.25, 0.3) is 5.91 Å². The van der Waals surface area contributed by atoms with E-state index in [0.717, 1.165) is 35.2 Å². The molecule has 4 heteroatoms. The first-order valence-electron chi connectivity index (χ1n) is 9.36. The van der Waals surface area contributed by atoms with Gasteiger partial charge in [-0.2, -0.15) is 0 Å². The normalized spacial score (nSPS) is 16.4. The monoisotopic (exact) mass is 365 g/mol. The Hall–Kier alpha value is -2.62. The van der Waals surface area contributed by atoms with Crippen LogP contribution in [-0.2, 0) is 16.0 Å². The number of ether oxygens (including phenoxy) is 1. The summed E-state index contributed by atoms with van der Waals surface area (Å²) in [6, 6.07) is 13.6. The van der Waals surface area contributed by atoms with Gasteiger partial charge < -0.3 is 9.64 Å². The molecule has 1 atom stereocenters. The number of benzene rings is 2. The highest BCUT2D eigenvalue weighted by Gasteiger charge is 2.37. The lowest BCUT2D eigenvalue weighted by Crippen LogP contribution is -2.51. The Bertz CT molecular complexity index is 868. The van der Waals surface area contributed by atoms with Crippen LogP contribution >= 0.6 is 0 Å². The third-order valence-electron chi connectivity index (χ3n) is 5.51. The maximum Gasteiger partial charge on any atom is 0.312 e. The molecule has 1 amide bonds. The topological polar surface area (TPSA) is 46.6 Å². The minimum Gasteiger partial charge on any atom is -0.469 e. The van der Waals surface area contributed by atoms with Crippen LogP contribution < -0.4 is 4.90 Å². The van der Waals surface area contributed by atoms with Crippen molar-refractivity contribution in [3.63, 3.8) is 0 Å². The highest BCUT2D eigenvalue weighted by molar-refractivity contribution is 6.07. The predicted octanol–water partition coefficient (Wildman–Crippen LogP) is 4.64. The molecule has 4 nitrogen and oxygen atoms in total. The summed E-state index contributed by atoms with van der Waals surface area (Å²) in [6.07, 6.45) is 1.75. The number of carbonyl (C=O) groups is 2. The van der Waals surface area contributed by atoms with Gasteiger partial charge in [0.15, 0.2) is 0 Å². The molecule has 1 aliphatic heterocycles. The van der Waals surface area contributed by atoms with E-state index in [0.29, 0.717) is 5.56 Å². The fraction of sp³-hybridized carbons (Fsp3) is 0.391. The van der Waals surface area contributed by atoms with Crippen LogP contribution in [-0.4, -0.2) is 24.5 Å². The van der Waals surface area contributed by atoms with Gasteiger partial charge in [0.1, 0.15) is 0 Å². The van der Waals surface area contributed by atoms with Crippen LogP contribution in [0.2, 0.25) is 0 Å². The number of rotatable bonds is 3. The average Bonchev–Trinajstić information content (AvgIpc) is 2.66. The standard InChI is InChI=1S/C23H27NO3/c1-15-6-8-17(9-7-15)21(25)24-20-11-10-18(16(2)22(26)27-5)14-19(20)12-13-23(24,3)4/h6-11,14,16H,12-13H2,1-5H3. The number of amides is 1. The summed E-state index contributed by atoms with van der Waals surface area (Å²) in [5.74, 6) is -0.565. The Morgan fingerprint density at radius 3 is 2.41 bits per heavy atom. The molecule has 0 aliphatic carbocycles. The number of esters is 1. The molecule has 0 N–H and O–H groups in total. The molecule has 142 valence electrons. The van der Waals surface area contributed by atoms with E-state index in [4.69, 9.17) is 4.74 Å². The third kappa shape index (κ3) is 3.61. The first-order valence-corrected chi connectivity index (χ1v) is 9.36. The molecule has 1 heterocycles. The third-order valence-corrected chi connectivity index (χ3v) is 5.51. The molecule has 3 rings (SSSR count). The molecule has 0 fully saturated rings. The molecule has 1 unspecified atom stereocenters. The smallest absolute Gasteiger partial charge is 0.312 e. The van der Waals surface area contributed by atoms with E-state index in [1.54, 1.807) is 0 Å².